The highest BCUT2D eigenvalue weighted by molar-refractivity contribution is 5.92. The number of ether oxygens (including phenoxy) is 2. The van der Waals surface area contributed by atoms with Crippen LogP contribution in [0.4, 0.5) is 13.2 Å². The van der Waals surface area contributed by atoms with Crippen molar-refractivity contribution in [2.45, 2.75) is 32.5 Å². The Bertz CT molecular complexity index is 905. The van der Waals surface area contributed by atoms with E-state index in [0.717, 1.165) is 24.1 Å². The molecular weight excluding hydrogens is 395 g/mol. The van der Waals surface area contributed by atoms with E-state index in [0.29, 0.717) is 30.3 Å². The van der Waals surface area contributed by atoms with E-state index in [9.17, 15) is 18.0 Å². The first-order chi connectivity index (χ1) is 14.2. The Morgan fingerprint density at radius 3 is 2.33 bits per heavy atom. The molecule has 4 nitrogen and oxygen atoms in total. The molecular formula is C23H24F3NO3. The molecule has 0 saturated carbocycles. The number of fused-ring (bicyclic) bond motifs is 1. The second kappa shape index (κ2) is 9.24. The van der Waals surface area contributed by atoms with Crippen molar-refractivity contribution in [2.75, 3.05) is 13.2 Å². The summed E-state index contributed by atoms with van der Waals surface area (Å²) in [6, 6.07) is 10.0. The molecule has 0 fully saturated rings. The highest BCUT2D eigenvalue weighted by Gasteiger charge is 2.29. The molecule has 3 rings (SSSR count). The average Bonchev–Trinajstić information content (AvgIpc) is 2.94. The Morgan fingerprint density at radius 1 is 1.03 bits per heavy atom. The third-order valence-electron chi connectivity index (χ3n) is 4.76. The minimum Gasteiger partial charge on any atom is -0.490 e. The summed E-state index contributed by atoms with van der Waals surface area (Å²) < 4.78 is 49.3. The van der Waals surface area contributed by atoms with Gasteiger partial charge in [-0.3, -0.25) is 4.79 Å². The Hall–Kier alpha value is -2.96. The number of hydrogen-bond donors (Lipinski definition) is 1. The zero-order chi connectivity index (χ0) is 21.7. The second-order valence-electron chi connectivity index (χ2n) is 7.44. The number of alkyl halides is 3. The largest absolute Gasteiger partial charge is 0.490 e. The summed E-state index contributed by atoms with van der Waals surface area (Å²) in [4.78, 5) is 12.4. The third-order valence-corrected chi connectivity index (χ3v) is 4.76. The summed E-state index contributed by atoms with van der Waals surface area (Å²) in [6.45, 7) is 5.16. The van der Waals surface area contributed by atoms with Gasteiger partial charge in [0.1, 0.15) is 0 Å². The summed E-state index contributed by atoms with van der Waals surface area (Å²) in [7, 11) is 0. The van der Waals surface area contributed by atoms with Crippen molar-refractivity contribution in [1.82, 2.24) is 5.32 Å². The Labute approximate surface area is 173 Å². The molecule has 2 aromatic rings. The number of amides is 1. The lowest BCUT2D eigenvalue weighted by Crippen LogP contribution is -2.30. The highest BCUT2D eigenvalue weighted by atomic mass is 19.4. The predicted molar refractivity (Wildman–Crippen MR) is 108 cm³/mol. The van der Waals surface area contributed by atoms with Crippen LogP contribution in [-0.2, 0) is 11.0 Å². The Morgan fingerprint density at radius 2 is 1.70 bits per heavy atom. The first-order valence-corrected chi connectivity index (χ1v) is 9.79. The van der Waals surface area contributed by atoms with Crippen LogP contribution in [0.2, 0.25) is 0 Å². The minimum absolute atomic E-state index is 0.109. The van der Waals surface area contributed by atoms with Crippen molar-refractivity contribution in [1.29, 1.82) is 0 Å². The summed E-state index contributed by atoms with van der Waals surface area (Å²) >= 11 is 0. The molecule has 1 N–H and O–H groups in total. The van der Waals surface area contributed by atoms with Gasteiger partial charge in [0.25, 0.3) is 0 Å². The fraction of sp³-hybridized carbons (Fsp3) is 0.348. The molecule has 1 aliphatic rings. The molecule has 1 aliphatic heterocycles. The van der Waals surface area contributed by atoms with Gasteiger partial charge in [0.05, 0.1) is 24.8 Å². The first kappa shape index (κ1) is 21.7. The monoisotopic (exact) mass is 419 g/mol. The van der Waals surface area contributed by atoms with Gasteiger partial charge < -0.3 is 14.8 Å². The molecule has 1 amide bonds. The van der Waals surface area contributed by atoms with Crippen LogP contribution < -0.4 is 14.8 Å². The normalized spacial score (nSPS) is 15.1. The molecule has 0 aliphatic carbocycles. The van der Waals surface area contributed by atoms with E-state index in [1.54, 1.807) is 0 Å². The van der Waals surface area contributed by atoms with E-state index in [1.165, 1.54) is 24.3 Å². The third kappa shape index (κ3) is 5.55. The number of rotatable bonds is 5. The van der Waals surface area contributed by atoms with Crippen LogP contribution in [0.15, 0.2) is 48.5 Å². The molecule has 0 radical (unpaired) electrons. The molecule has 1 atom stereocenters. The number of halogens is 3. The van der Waals surface area contributed by atoms with Crippen molar-refractivity contribution >= 4 is 12.0 Å². The van der Waals surface area contributed by atoms with Crippen LogP contribution in [0.3, 0.4) is 0 Å². The van der Waals surface area contributed by atoms with Crippen molar-refractivity contribution < 1.29 is 27.4 Å². The Kier molecular flexibility index (Phi) is 6.70. The maximum absolute atomic E-state index is 12.6. The molecule has 0 aromatic heterocycles. The average molecular weight is 419 g/mol. The molecule has 1 unspecified atom stereocenters. The lowest BCUT2D eigenvalue weighted by molar-refractivity contribution is -0.137. The van der Waals surface area contributed by atoms with E-state index in [4.69, 9.17) is 9.47 Å². The lowest BCUT2D eigenvalue weighted by Gasteiger charge is -2.23. The van der Waals surface area contributed by atoms with E-state index in [-0.39, 0.29) is 17.9 Å². The predicted octanol–water partition coefficient (Wildman–Crippen LogP) is 5.39. The van der Waals surface area contributed by atoms with Crippen LogP contribution in [0, 0.1) is 5.92 Å². The molecule has 0 saturated heterocycles. The molecule has 2 aromatic carbocycles. The fourth-order valence-corrected chi connectivity index (χ4v) is 3.16. The fourth-order valence-electron chi connectivity index (χ4n) is 3.16. The van der Waals surface area contributed by atoms with Gasteiger partial charge in [0.2, 0.25) is 5.91 Å². The molecule has 160 valence electrons. The van der Waals surface area contributed by atoms with E-state index in [2.05, 4.69) is 5.32 Å². The van der Waals surface area contributed by atoms with Crippen LogP contribution in [0.25, 0.3) is 6.08 Å². The van der Waals surface area contributed by atoms with Crippen molar-refractivity contribution in [2.24, 2.45) is 5.92 Å². The van der Waals surface area contributed by atoms with E-state index >= 15 is 0 Å². The standard InChI is InChI=1S/C23H24F3NO3/c1-15(2)22(17-7-10-19-20(14-17)30-13-3-12-29-19)27-21(28)11-6-16-4-8-18(9-5-16)23(24,25)26/h4-11,14-15,22H,3,12-13H2,1-2H3,(H,27,28). The van der Waals surface area contributed by atoms with Gasteiger partial charge in [-0.1, -0.05) is 32.0 Å². The molecule has 7 heteroatoms. The minimum atomic E-state index is -4.38. The number of carbonyl (C=O) groups excluding carboxylic acids is 1. The topological polar surface area (TPSA) is 47.6 Å². The van der Waals surface area contributed by atoms with Crippen LogP contribution >= 0.6 is 0 Å². The molecule has 0 spiro atoms. The van der Waals surface area contributed by atoms with Gasteiger partial charge in [0, 0.05) is 12.5 Å². The molecule has 30 heavy (non-hydrogen) atoms. The van der Waals surface area contributed by atoms with Gasteiger partial charge in [-0.05, 0) is 47.4 Å². The maximum Gasteiger partial charge on any atom is 0.416 e. The number of nitrogens with one attached hydrogen (secondary N) is 1. The van der Waals surface area contributed by atoms with Gasteiger partial charge in [-0.25, -0.2) is 0 Å². The molecule has 1 heterocycles. The van der Waals surface area contributed by atoms with Gasteiger partial charge in [0.15, 0.2) is 11.5 Å². The summed E-state index contributed by atoms with van der Waals surface area (Å²) in [5.74, 6) is 1.12. The summed E-state index contributed by atoms with van der Waals surface area (Å²) in [5, 5.41) is 2.96. The lowest BCUT2D eigenvalue weighted by atomic mass is 9.95. The van der Waals surface area contributed by atoms with Gasteiger partial charge in [-0.15, -0.1) is 0 Å². The smallest absolute Gasteiger partial charge is 0.416 e. The van der Waals surface area contributed by atoms with Crippen molar-refractivity contribution in [3.63, 3.8) is 0 Å². The van der Waals surface area contributed by atoms with E-state index in [1.807, 2.05) is 32.0 Å². The highest BCUT2D eigenvalue weighted by Crippen LogP contribution is 2.34. The number of carbonyl (C=O) groups is 1. The SMILES string of the molecule is CC(C)C(NC(=O)C=Cc1ccc(C(F)(F)F)cc1)c1ccc2c(c1)OCCCO2. The van der Waals surface area contributed by atoms with Gasteiger partial charge >= 0.3 is 6.18 Å². The quantitative estimate of drug-likeness (QED) is 0.661. The number of hydrogen-bond acceptors (Lipinski definition) is 3. The molecule has 0 bridgehead atoms. The van der Waals surface area contributed by atoms with Crippen LogP contribution in [0.5, 0.6) is 11.5 Å². The Balaban J connectivity index is 1.70. The van der Waals surface area contributed by atoms with Crippen LogP contribution in [0.1, 0.15) is 43.0 Å². The first-order valence-electron chi connectivity index (χ1n) is 9.79. The zero-order valence-corrected chi connectivity index (χ0v) is 16.8. The van der Waals surface area contributed by atoms with Crippen molar-refractivity contribution in [3.05, 3.63) is 65.2 Å². The number of benzene rings is 2. The van der Waals surface area contributed by atoms with Gasteiger partial charge in [-0.2, -0.15) is 13.2 Å². The second-order valence-corrected chi connectivity index (χ2v) is 7.44. The van der Waals surface area contributed by atoms with Crippen LogP contribution in [-0.4, -0.2) is 19.1 Å². The van der Waals surface area contributed by atoms with Crippen molar-refractivity contribution in [3.8, 4) is 11.5 Å². The maximum atomic E-state index is 12.6. The summed E-state index contributed by atoms with van der Waals surface area (Å²) in [5.41, 5.74) is 0.679. The zero-order valence-electron chi connectivity index (χ0n) is 16.8. The summed E-state index contributed by atoms with van der Waals surface area (Å²) in [6.07, 6.45) is -0.766. The van der Waals surface area contributed by atoms with E-state index < -0.39 is 11.7 Å².